The summed E-state index contributed by atoms with van der Waals surface area (Å²) in [5, 5.41) is 4.02. The first kappa shape index (κ1) is 25.4. The number of ether oxygens (including phenoxy) is 2. The minimum absolute atomic E-state index is 0.0660. The van der Waals surface area contributed by atoms with Gasteiger partial charge in [0.15, 0.2) is 5.82 Å². The minimum Gasteiger partial charge on any atom is -0.379 e. The van der Waals surface area contributed by atoms with Crippen LogP contribution in [-0.2, 0) is 9.47 Å². The van der Waals surface area contributed by atoms with Crippen LogP contribution in [0.1, 0.15) is 22.0 Å². The molecule has 0 saturated carbocycles. The largest absolute Gasteiger partial charge is 0.379 e. The molecule has 0 spiro atoms. The second-order valence-electron chi connectivity index (χ2n) is 9.72. The smallest absolute Gasteiger partial charge is 0.252 e. The highest BCUT2D eigenvalue weighted by atomic mass is 16.5. The van der Waals surface area contributed by atoms with Gasteiger partial charge in [-0.1, -0.05) is 36.4 Å². The van der Waals surface area contributed by atoms with Crippen molar-refractivity contribution in [3.8, 4) is 11.4 Å². The van der Waals surface area contributed by atoms with Crippen LogP contribution < -0.4 is 10.2 Å². The maximum absolute atomic E-state index is 13.5. The standard InChI is InChI=1S/C30H32N6O3/c37-30(25-7-4-8-26-24(25)9-10-28(34-26)36-13-17-39-18-14-36)33-21-27(35-11-15-38-16-12-35)23-19-31-29(32-20-23)22-5-2-1-3-6-22/h1-10,19-20,27H,11-18,21H2,(H,33,37). The number of nitrogens with zero attached hydrogens (tertiary/aromatic N) is 5. The van der Waals surface area contributed by atoms with Crippen molar-refractivity contribution in [2.45, 2.75) is 6.04 Å². The molecule has 0 aliphatic carbocycles. The molecule has 0 bridgehead atoms. The molecular weight excluding hydrogens is 492 g/mol. The number of aromatic nitrogens is 3. The first-order chi connectivity index (χ1) is 19.3. The molecule has 4 aromatic rings. The van der Waals surface area contributed by atoms with E-state index in [0.29, 0.717) is 44.4 Å². The summed E-state index contributed by atoms with van der Waals surface area (Å²) in [4.78, 5) is 32.1. The average molecular weight is 525 g/mol. The topological polar surface area (TPSA) is 92.7 Å². The number of amides is 1. The number of fused-ring (bicyclic) bond motifs is 1. The number of hydrogen-bond acceptors (Lipinski definition) is 8. The van der Waals surface area contributed by atoms with Gasteiger partial charge in [0.05, 0.1) is 38.0 Å². The fourth-order valence-corrected chi connectivity index (χ4v) is 5.19. The molecule has 2 aromatic heterocycles. The predicted molar refractivity (Wildman–Crippen MR) is 150 cm³/mol. The highest BCUT2D eigenvalue weighted by molar-refractivity contribution is 6.06. The first-order valence-electron chi connectivity index (χ1n) is 13.5. The van der Waals surface area contributed by atoms with Crippen molar-refractivity contribution in [1.82, 2.24) is 25.2 Å². The van der Waals surface area contributed by atoms with Crippen LogP contribution in [0.15, 0.2) is 73.1 Å². The Morgan fingerprint density at radius 3 is 2.31 bits per heavy atom. The number of nitrogens with one attached hydrogen (secondary N) is 1. The molecule has 1 unspecified atom stereocenters. The van der Waals surface area contributed by atoms with E-state index in [1.807, 2.05) is 73.1 Å². The molecule has 200 valence electrons. The van der Waals surface area contributed by atoms with E-state index in [4.69, 9.17) is 14.5 Å². The summed E-state index contributed by atoms with van der Waals surface area (Å²) in [7, 11) is 0. The van der Waals surface area contributed by atoms with E-state index in [1.54, 1.807) is 0 Å². The van der Waals surface area contributed by atoms with Crippen LogP contribution in [0.3, 0.4) is 0 Å². The van der Waals surface area contributed by atoms with Crippen molar-refractivity contribution < 1.29 is 14.3 Å². The monoisotopic (exact) mass is 524 g/mol. The summed E-state index contributed by atoms with van der Waals surface area (Å²) in [6.07, 6.45) is 3.74. The van der Waals surface area contributed by atoms with Crippen LogP contribution in [0.5, 0.6) is 0 Å². The Bertz CT molecular complexity index is 1400. The number of pyridine rings is 1. The average Bonchev–Trinajstić information content (AvgIpc) is 3.02. The molecule has 2 fully saturated rings. The molecule has 2 aliphatic rings. The number of carbonyl (C=O) groups excluding carboxylic acids is 1. The van der Waals surface area contributed by atoms with Crippen LogP contribution in [-0.4, -0.2) is 84.9 Å². The summed E-state index contributed by atoms with van der Waals surface area (Å²) in [5.74, 6) is 1.47. The van der Waals surface area contributed by atoms with Crippen LogP contribution >= 0.6 is 0 Å². The lowest BCUT2D eigenvalue weighted by Gasteiger charge is -2.34. The zero-order valence-electron chi connectivity index (χ0n) is 21.8. The molecule has 1 N–H and O–H groups in total. The van der Waals surface area contributed by atoms with Gasteiger partial charge in [0.25, 0.3) is 5.91 Å². The fourth-order valence-electron chi connectivity index (χ4n) is 5.19. The molecule has 4 heterocycles. The van der Waals surface area contributed by atoms with Gasteiger partial charge in [0.1, 0.15) is 5.82 Å². The number of hydrogen-bond donors (Lipinski definition) is 1. The summed E-state index contributed by atoms with van der Waals surface area (Å²) in [6, 6.07) is 19.6. The zero-order valence-corrected chi connectivity index (χ0v) is 21.8. The molecular formula is C30H32N6O3. The van der Waals surface area contributed by atoms with Crippen LogP contribution in [0.2, 0.25) is 0 Å². The maximum Gasteiger partial charge on any atom is 0.252 e. The third kappa shape index (κ3) is 5.75. The lowest BCUT2D eigenvalue weighted by atomic mass is 10.1. The summed E-state index contributed by atoms with van der Waals surface area (Å²) < 4.78 is 11.0. The predicted octanol–water partition coefficient (Wildman–Crippen LogP) is 3.33. The van der Waals surface area contributed by atoms with E-state index in [2.05, 4.69) is 25.1 Å². The van der Waals surface area contributed by atoms with Crippen molar-refractivity contribution in [2.75, 3.05) is 64.1 Å². The third-order valence-electron chi connectivity index (χ3n) is 7.33. The minimum atomic E-state index is -0.124. The van der Waals surface area contributed by atoms with Gasteiger partial charge >= 0.3 is 0 Å². The molecule has 39 heavy (non-hydrogen) atoms. The second-order valence-corrected chi connectivity index (χ2v) is 9.72. The normalized spacial score (nSPS) is 17.2. The quantitative estimate of drug-likeness (QED) is 0.394. The molecule has 1 amide bonds. The van der Waals surface area contributed by atoms with E-state index < -0.39 is 0 Å². The van der Waals surface area contributed by atoms with E-state index in [9.17, 15) is 4.79 Å². The number of carbonyl (C=O) groups is 1. The molecule has 0 radical (unpaired) electrons. The molecule has 1 atom stereocenters. The molecule has 9 nitrogen and oxygen atoms in total. The van der Waals surface area contributed by atoms with Crippen LogP contribution in [0, 0.1) is 0 Å². The Morgan fingerprint density at radius 1 is 0.846 bits per heavy atom. The van der Waals surface area contributed by atoms with E-state index in [0.717, 1.165) is 54.0 Å². The van der Waals surface area contributed by atoms with Crippen molar-refractivity contribution in [3.63, 3.8) is 0 Å². The second kappa shape index (κ2) is 11.9. The van der Waals surface area contributed by atoms with Gasteiger partial charge in [0.2, 0.25) is 0 Å². The van der Waals surface area contributed by atoms with Gasteiger partial charge < -0.3 is 19.7 Å². The number of anilines is 1. The third-order valence-corrected chi connectivity index (χ3v) is 7.33. The van der Waals surface area contributed by atoms with Gasteiger partial charge in [-0.15, -0.1) is 0 Å². The van der Waals surface area contributed by atoms with Crippen molar-refractivity contribution in [1.29, 1.82) is 0 Å². The lowest BCUT2D eigenvalue weighted by molar-refractivity contribution is 0.0161. The summed E-state index contributed by atoms with van der Waals surface area (Å²) in [6.45, 7) is 6.35. The van der Waals surface area contributed by atoms with E-state index in [-0.39, 0.29) is 11.9 Å². The Morgan fingerprint density at radius 2 is 1.56 bits per heavy atom. The zero-order chi connectivity index (χ0) is 26.4. The van der Waals surface area contributed by atoms with Gasteiger partial charge in [-0.05, 0) is 24.3 Å². The van der Waals surface area contributed by atoms with Gasteiger partial charge in [0, 0.05) is 67.2 Å². The van der Waals surface area contributed by atoms with Crippen molar-refractivity contribution in [2.24, 2.45) is 0 Å². The van der Waals surface area contributed by atoms with Crippen LogP contribution in [0.4, 0.5) is 5.82 Å². The Hall–Kier alpha value is -3.92. The molecule has 2 aliphatic heterocycles. The summed E-state index contributed by atoms with van der Waals surface area (Å²) in [5.41, 5.74) is 3.36. The van der Waals surface area contributed by atoms with Gasteiger partial charge in [-0.3, -0.25) is 9.69 Å². The molecule has 9 heteroatoms. The van der Waals surface area contributed by atoms with Crippen LogP contribution in [0.25, 0.3) is 22.3 Å². The van der Waals surface area contributed by atoms with Crippen molar-refractivity contribution >= 4 is 22.6 Å². The SMILES string of the molecule is O=C(NCC(c1cnc(-c2ccccc2)nc1)N1CCOCC1)c1cccc2nc(N3CCOCC3)ccc12. The maximum atomic E-state index is 13.5. The van der Waals surface area contributed by atoms with Crippen molar-refractivity contribution in [3.05, 3.63) is 84.2 Å². The number of benzene rings is 2. The fraction of sp³-hybridized carbons (Fsp3) is 0.333. The Balaban J connectivity index is 1.21. The highest BCUT2D eigenvalue weighted by Gasteiger charge is 2.25. The molecule has 2 aromatic carbocycles. The first-order valence-corrected chi connectivity index (χ1v) is 13.5. The highest BCUT2D eigenvalue weighted by Crippen LogP contribution is 2.24. The van der Waals surface area contributed by atoms with E-state index in [1.165, 1.54) is 0 Å². The van der Waals surface area contributed by atoms with E-state index >= 15 is 0 Å². The Labute approximate surface area is 227 Å². The van der Waals surface area contributed by atoms with Gasteiger partial charge in [-0.25, -0.2) is 15.0 Å². The van der Waals surface area contributed by atoms with Gasteiger partial charge in [-0.2, -0.15) is 0 Å². The lowest BCUT2D eigenvalue weighted by Crippen LogP contribution is -2.44. The number of rotatable bonds is 7. The molecule has 2 saturated heterocycles. The summed E-state index contributed by atoms with van der Waals surface area (Å²) >= 11 is 0. The molecule has 6 rings (SSSR count). The Kier molecular flexibility index (Phi) is 7.71. The number of morpholine rings is 2.